The van der Waals surface area contributed by atoms with Gasteiger partial charge in [-0.3, -0.25) is 4.98 Å². The normalized spacial score (nSPS) is 12.6. The number of hydrogen-bond acceptors (Lipinski definition) is 4. The Labute approximate surface area is 141 Å². The summed E-state index contributed by atoms with van der Waals surface area (Å²) in [5.74, 6) is -2.27. The number of hydrogen-bond donors (Lipinski definition) is 0. The van der Waals surface area contributed by atoms with Gasteiger partial charge in [-0.2, -0.15) is 13.2 Å². The monoisotopic (exact) mass is 357 g/mol. The van der Waals surface area contributed by atoms with E-state index in [1.54, 1.807) is 13.0 Å². The highest BCUT2D eigenvalue weighted by Gasteiger charge is 2.39. The molecule has 0 fully saturated rings. The first kappa shape index (κ1) is 18.7. The summed E-state index contributed by atoms with van der Waals surface area (Å²) < 4.78 is 62.0. The summed E-state index contributed by atoms with van der Waals surface area (Å²) in [5, 5.41) is 0. The highest BCUT2D eigenvalue weighted by atomic mass is 19.4. The number of carbonyl (C=O) groups is 1. The van der Waals surface area contributed by atoms with Crippen molar-refractivity contribution < 1.29 is 31.8 Å². The zero-order valence-electron chi connectivity index (χ0n) is 13.6. The molecule has 0 bridgehead atoms. The third-order valence-corrected chi connectivity index (χ3v) is 3.43. The maximum absolute atomic E-state index is 14.4. The van der Waals surface area contributed by atoms with Crippen LogP contribution in [0.4, 0.5) is 17.6 Å². The second kappa shape index (κ2) is 7.08. The Morgan fingerprint density at radius 1 is 1.24 bits per heavy atom. The van der Waals surface area contributed by atoms with Crippen molar-refractivity contribution in [2.45, 2.75) is 26.1 Å². The van der Waals surface area contributed by atoms with Gasteiger partial charge in [-0.1, -0.05) is 6.07 Å². The Hall–Kier alpha value is -2.64. The Balaban J connectivity index is 2.55. The molecule has 0 saturated heterocycles. The molecule has 4 nitrogen and oxygen atoms in total. The Bertz CT molecular complexity index is 773. The number of nitrogens with zero attached hydrogens (tertiary/aromatic N) is 1. The van der Waals surface area contributed by atoms with Crippen LogP contribution in [0.5, 0.6) is 5.75 Å². The highest BCUT2D eigenvalue weighted by Crippen LogP contribution is 2.33. The average Bonchev–Trinajstić information content (AvgIpc) is 2.55. The number of aryl methyl sites for hydroxylation is 1. The molecule has 0 radical (unpaired) electrons. The summed E-state index contributed by atoms with van der Waals surface area (Å²) >= 11 is 0. The number of ether oxygens (including phenoxy) is 2. The van der Waals surface area contributed by atoms with Crippen LogP contribution in [0.2, 0.25) is 0 Å². The van der Waals surface area contributed by atoms with Crippen LogP contribution in [0.1, 0.15) is 22.8 Å². The maximum Gasteiger partial charge on any atom is 0.425 e. The first-order valence-corrected chi connectivity index (χ1v) is 7.21. The van der Waals surface area contributed by atoms with Crippen molar-refractivity contribution in [3.8, 4) is 17.0 Å². The molecule has 0 amide bonds. The number of aromatic nitrogens is 1. The number of carbonyl (C=O) groups excluding carboxylic acids is 1. The van der Waals surface area contributed by atoms with Crippen molar-refractivity contribution in [2.75, 3.05) is 7.11 Å². The standard InChI is InChI=1S/C17H15F4NO3/c1-9-4-5-14(22-8-9)11-7-15(25-10(2)17(19,20)21)12(6-13(11)18)16(23)24-3/h4-8,10H,1-3H3/t10-/m0/s1. The number of pyridine rings is 1. The minimum atomic E-state index is -4.65. The largest absolute Gasteiger partial charge is 0.480 e. The fourth-order valence-corrected chi connectivity index (χ4v) is 2.00. The van der Waals surface area contributed by atoms with Crippen LogP contribution in [0, 0.1) is 12.7 Å². The summed E-state index contributed by atoms with van der Waals surface area (Å²) in [4.78, 5) is 15.8. The molecule has 0 N–H and O–H groups in total. The summed E-state index contributed by atoms with van der Waals surface area (Å²) in [5.41, 5.74) is 0.505. The van der Waals surface area contributed by atoms with Gasteiger partial charge in [0.05, 0.1) is 12.8 Å². The van der Waals surface area contributed by atoms with Gasteiger partial charge in [0.2, 0.25) is 0 Å². The predicted molar refractivity (Wildman–Crippen MR) is 81.9 cm³/mol. The van der Waals surface area contributed by atoms with Crippen LogP contribution in [-0.4, -0.2) is 30.3 Å². The molecular weight excluding hydrogens is 342 g/mol. The topological polar surface area (TPSA) is 48.4 Å². The van der Waals surface area contributed by atoms with Gasteiger partial charge in [0.1, 0.15) is 17.1 Å². The van der Waals surface area contributed by atoms with Gasteiger partial charge >= 0.3 is 12.1 Å². The van der Waals surface area contributed by atoms with Crippen LogP contribution in [0.3, 0.4) is 0 Å². The summed E-state index contributed by atoms with van der Waals surface area (Å²) in [6, 6.07) is 4.99. The fraction of sp³-hybridized carbons (Fsp3) is 0.294. The maximum atomic E-state index is 14.4. The molecule has 0 aliphatic heterocycles. The van der Waals surface area contributed by atoms with Crippen LogP contribution in [-0.2, 0) is 4.74 Å². The van der Waals surface area contributed by atoms with Crippen molar-refractivity contribution in [1.29, 1.82) is 0 Å². The van der Waals surface area contributed by atoms with Gasteiger partial charge in [0.25, 0.3) is 0 Å². The van der Waals surface area contributed by atoms with E-state index in [-0.39, 0.29) is 11.3 Å². The lowest BCUT2D eigenvalue weighted by atomic mass is 10.1. The molecule has 0 saturated carbocycles. The second-order valence-electron chi connectivity index (χ2n) is 5.34. The summed E-state index contributed by atoms with van der Waals surface area (Å²) in [7, 11) is 1.03. The van der Waals surface area contributed by atoms with E-state index in [1.165, 1.54) is 12.3 Å². The first-order chi connectivity index (χ1) is 11.6. The van der Waals surface area contributed by atoms with Crippen LogP contribution >= 0.6 is 0 Å². The van der Waals surface area contributed by atoms with Crippen molar-refractivity contribution in [1.82, 2.24) is 4.98 Å². The van der Waals surface area contributed by atoms with Gasteiger partial charge in [-0.05, 0) is 37.6 Å². The lowest BCUT2D eigenvalue weighted by Crippen LogP contribution is -2.31. The van der Waals surface area contributed by atoms with E-state index in [0.29, 0.717) is 0 Å². The van der Waals surface area contributed by atoms with Gasteiger partial charge < -0.3 is 9.47 Å². The third kappa shape index (κ3) is 4.26. The lowest BCUT2D eigenvalue weighted by molar-refractivity contribution is -0.189. The lowest BCUT2D eigenvalue weighted by Gasteiger charge is -2.20. The Kier molecular flexibility index (Phi) is 5.30. The van der Waals surface area contributed by atoms with E-state index in [4.69, 9.17) is 4.74 Å². The van der Waals surface area contributed by atoms with E-state index in [0.717, 1.165) is 31.7 Å². The molecule has 134 valence electrons. The van der Waals surface area contributed by atoms with Gasteiger partial charge in [0.15, 0.2) is 6.10 Å². The highest BCUT2D eigenvalue weighted by molar-refractivity contribution is 5.93. The number of esters is 1. The van der Waals surface area contributed by atoms with Crippen LogP contribution in [0.15, 0.2) is 30.5 Å². The number of methoxy groups -OCH3 is 1. The molecular formula is C17H15F4NO3. The van der Waals surface area contributed by atoms with Crippen LogP contribution in [0.25, 0.3) is 11.3 Å². The van der Waals surface area contributed by atoms with Gasteiger partial charge in [0, 0.05) is 11.8 Å². The fourth-order valence-electron chi connectivity index (χ4n) is 2.00. The Morgan fingerprint density at radius 3 is 2.44 bits per heavy atom. The SMILES string of the molecule is COC(=O)c1cc(F)c(-c2ccc(C)cn2)cc1O[C@@H](C)C(F)(F)F. The molecule has 1 aromatic carbocycles. The number of alkyl halides is 3. The van der Waals surface area contributed by atoms with E-state index < -0.39 is 35.4 Å². The molecule has 2 aromatic rings. The smallest absolute Gasteiger partial charge is 0.425 e. The predicted octanol–water partition coefficient (Wildman–Crippen LogP) is 4.31. The number of halogens is 4. The Morgan fingerprint density at radius 2 is 1.92 bits per heavy atom. The molecule has 0 unspecified atom stereocenters. The quantitative estimate of drug-likeness (QED) is 0.604. The minimum Gasteiger partial charge on any atom is -0.480 e. The van der Waals surface area contributed by atoms with E-state index in [2.05, 4.69) is 9.72 Å². The zero-order valence-corrected chi connectivity index (χ0v) is 13.6. The third-order valence-electron chi connectivity index (χ3n) is 3.43. The molecule has 0 spiro atoms. The molecule has 25 heavy (non-hydrogen) atoms. The molecule has 8 heteroatoms. The van der Waals surface area contributed by atoms with Crippen LogP contribution < -0.4 is 4.74 Å². The number of benzene rings is 1. The summed E-state index contributed by atoms with van der Waals surface area (Å²) in [6.45, 7) is 2.57. The van der Waals surface area contributed by atoms with Crippen molar-refractivity contribution >= 4 is 5.97 Å². The van der Waals surface area contributed by atoms with E-state index in [9.17, 15) is 22.4 Å². The minimum absolute atomic E-state index is 0.0861. The second-order valence-corrected chi connectivity index (χ2v) is 5.34. The van der Waals surface area contributed by atoms with Gasteiger partial charge in [-0.15, -0.1) is 0 Å². The molecule has 1 aromatic heterocycles. The average molecular weight is 357 g/mol. The van der Waals surface area contributed by atoms with Crippen molar-refractivity contribution in [3.05, 3.63) is 47.4 Å². The van der Waals surface area contributed by atoms with E-state index >= 15 is 0 Å². The molecule has 1 atom stereocenters. The molecule has 0 aliphatic rings. The van der Waals surface area contributed by atoms with Crippen molar-refractivity contribution in [3.63, 3.8) is 0 Å². The summed E-state index contributed by atoms with van der Waals surface area (Å²) in [6.07, 6.45) is -5.36. The van der Waals surface area contributed by atoms with Gasteiger partial charge in [-0.25, -0.2) is 9.18 Å². The molecule has 2 rings (SSSR count). The van der Waals surface area contributed by atoms with Crippen molar-refractivity contribution in [2.24, 2.45) is 0 Å². The molecule has 0 aliphatic carbocycles. The van der Waals surface area contributed by atoms with E-state index in [1.807, 2.05) is 0 Å². The first-order valence-electron chi connectivity index (χ1n) is 7.21. The zero-order chi connectivity index (χ0) is 18.8. The number of rotatable bonds is 4. The molecule has 1 heterocycles.